The fraction of sp³-hybridized carbons (Fsp3) is 0.818. The van der Waals surface area contributed by atoms with Crippen molar-refractivity contribution in [2.75, 3.05) is 13.2 Å². The lowest BCUT2D eigenvalue weighted by molar-refractivity contribution is -0.144. The van der Waals surface area contributed by atoms with Gasteiger partial charge in [0.15, 0.2) is 0 Å². The van der Waals surface area contributed by atoms with Gasteiger partial charge in [-0.15, -0.1) is 0 Å². The highest BCUT2D eigenvalue weighted by molar-refractivity contribution is 5.70. The maximum absolute atomic E-state index is 10.8. The van der Waals surface area contributed by atoms with Crippen LogP contribution < -0.4 is 5.32 Å². The summed E-state index contributed by atoms with van der Waals surface area (Å²) in [5.74, 6) is -0.932. The summed E-state index contributed by atoms with van der Waals surface area (Å²) in [6.45, 7) is 0.879. The van der Waals surface area contributed by atoms with Gasteiger partial charge in [0.1, 0.15) is 6.10 Å². The number of amides is 1. The van der Waals surface area contributed by atoms with E-state index in [1.54, 1.807) is 0 Å². The number of hydrogen-bond acceptors (Lipinski definition) is 4. The van der Waals surface area contributed by atoms with Gasteiger partial charge in [0.25, 0.3) is 0 Å². The van der Waals surface area contributed by atoms with Crippen molar-refractivity contribution in [3.8, 4) is 0 Å². The smallest absolute Gasteiger partial charge is 0.407 e. The average molecular weight is 243 g/mol. The number of carboxylic acid groups (broad SMARTS) is 1. The lowest BCUT2D eigenvalue weighted by Gasteiger charge is -2.26. The third kappa shape index (κ3) is 3.33. The summed E-state index contributed by atoms with van der Waals surface area (Å²) >= 11 is 0. The van der Waals surface area contributed by atoms with Crippen molar-refractivity contribution >= 4 is 12.1 Å². The predicted octanol–water partition coefficient (Wildman–Crippen LogP) is 0.755. The molecule has 2 aliphatic rings. The minimum atomic E-state index is -0.711. The van der Waals surface area contributed by atoms with E-state index in [4.69, 9.17) is 14.6 Å². The lowest BCUT2D eigenvalue weighted by atomic mass is 9.87. The normalized spacial score (nSPS) is 32.9. The number of carboxylic acids is 1. The summed E-state index contributed by atoms with van der Waals surface area (Å²) in [6.07, 6.45) is 2.37. The Labute approximate surface area is 99.3 Å². The van der Waals surface area contributed by atoms with E-state index in [-0.39, 0.29) is 18.1 Å². The SMILES string of the molecule is O=C1NCC(COC2CCC(C(=O)O)CC2)O1. The van der Waals surface area contributed by atoms with E-state index in [1.165, 1.54) is 0 Å². The van der Waals surface area contributed by atoms with E-state index in [2.05, 4.69) is 5.32 Å². The molecule has 0 aromatic heterocycles. The molecule has 2 rings (SSSR count). The van der Waals surface area contributed by atoms with Gasteiger partial charge < -0.3 is 19.9 Å². The van der Waals surface area contributed by atoms with E-state index in [1.807, 2.05) is 0 Å². The number of cyclic esters (lactones) is 1. The molecule has 1 amide bonds. The first-order valence-electron chi connectivity index (χ1n) is 5.94. The van der Waals surface area contributed by atoms with Gasteiger partial charge >= 0.3 is 12.1 Å². The molecule has 1 aliphatic carbocycles. The van der Waals surface area contributed by atoms with Crippen LogP contribution in [-0.2, 0) is 14.3 Å². The van der Waals surface area contributed by atoms with Crippen LogP contribution in [0.15, 0.2) is 0 Å². The second-order valence-corrected chi connectivity index (χ2v) is 4.55. The number of carbonyl (C=O) groups excluding carboxylic acids is 1. The molecule has 6 nitrogen and oxygen atoms in total. The molecule has 17 heavy (non-hydrogen) atoms. The molecule has 1 unspecified atom stereocenters. The Morgan fingerprint density at radius 3 is 2.65 bits per heavy atom. The zero-order valence-corrected chi connectivity index (χ0v) is 9.55. The Morgan fingerprint density at radius 2 is 2.12 bits per heavy atom. The van der Waals surface area contributed by atoms with E-state index in [9.17, 15) is 9.59 Å². The molecule has 0 aromatic carbocycles. The number of rotatable bonds is 4. The van der Waals surface area contributed by atoms with Gasteiger partial charge in [-0.1, -0.05) is 0 Å². The fourth-order valence-corrected chi connectivity index (χ4v) is 2.24. The lowest BCUT2D eigenvalue weighted by Crippen LogP contribution is -2.29. The first-order chi connectivity index (χ1) is 8.15. The van der Waals surface area contributed by atoms with Gasteiger partial charge in [-0.05, 0) is 25.7 Å². The van der Waals surface area contributed by atoms with E-state index < -0.39 is 12.1 Å². The van der Waals surface area contributed by atoms with Crippen molar-refractivity contribution < 1.29 is 24.2 Å². The number of ether oxygens (including phenoxy) is 2. The van der Waals surface area contributed by atoms with Crippen LogP contribution >= 0.6 is 0 Å². The Hall–Kier alpha value is -1.30. The molecule has 6 heteroatoms. The Balaban J connectivity index is 1.65. The molecular formula is C11H17NO5. The first-order valence-corrected chi connectivity index (χ1v) is 5.94. The maximum Gasteiger partial charge on any atom is 0.407 e. The molecule has 0 aromatic rings. The van der Waals surface area contributed by atoms with Crippen LogP contribution in [0.3, 0.4) is 0 Å². The summed E-state index contributed by atoms with van der Waals surface area (Å²) in [6, 6.07) is 0. The van der Waals surface area contributed by atoms with Gasteiger partial charge in [-0.25, -0.2) is 4.79 Å². The molecule has 96 valence electrons. The van der Waals surface area contributed by atoms with Crippen molar-refractivity contribution in [1.82, 2.24) is 5.32 Å². The van der Waals surface area contributed by atoms with Crippen LogP contribution in [0.25, 0.3) is 0 Å². The molecular weight excluding hydrogens is 226 g/mol. The molecule has 0 radical (unpaired) electrons. The van der Waals surface area contributed by atoms with Gasteiger partial charge in [-0.3, -0.25) is 4.79 Å². The number of hydrogen-bond donors (Lipinski definition) is 2. The summed E-state index contributed by atoms with van der Waals surface area (Å²) < 4.78 is 10.6. The summed E-state index contributed by atoms with van der Waals surface area (Å²) in [5.41, 5.74) is 0. The van der Waals surface area contributed by atoms with Crippen LogP contribution in [0.2, 0.25) is 0 Å². The number of aliphatic carboxylic acids is 1. The highest BCUT2D eigenvalue weighted by Gasteiger charge is 2.28. The van der Waals surface area contributed by atoms with Gasteiger partial charge in [0.2, 0.25) is 0 Å². The zero-order valence-electron chi connectivity index (χ0n) is 9.55. The van der Waals surface area contributed by atoms with E-state index in [0.29, 0.717) is 26.0 Å². The molecule has 1 heterocycles. The number of nitrogens with one attached hydrogen (secondary N) is 1. The molecule has 1 saturated heterocycles. The first kappa shape index (κ1) is 12.2. The van der Waals surface area contributed by atoms with Crippen molar-refractivity contribution in [1.29, 1.82) is 0 Å². The van der Waals surface area contributed by atoms with Crippen molar-refractivity contribution in [3.63, 3.8) is 0 Å². The second-order valence-electron chi connectivity index (χ2n) is 4.55. The third-order valence-electron chi connectivity index (χ3n) is 3.29. The van der Waals surface area contributed by atoms with E-state index in [0.717, 1.165) is 12.8 Å². The van der Waals surface area contributed by atoms with Crippen molar-refractivity contribution in [2.24, 2.45) is 5.92 Å². The van der Waals surface area contributed by atoms with Crippen LogP contribution in [0.5, 0.6) is 0 Å². The van der Waals surface area contributed by atoms with Gasteiger partial charge in [0.05, 0.1) is 25.2 Å². The highest BCUT2D eigenvalue weighted by Crippen LogP contribution is 2.26. The van der Waals surface area contributed by atoms with Gasteiger partial charge in [-0.2, -0.15) is 0 Å². The zero-order chi connectivity index (χ0) is 12.3. The number of carbonyl (C=O) groups is 2. The summed E-state index contributed by atoms with van der Waals surface area (Å²) in [7, 11) is 0. The Bertz CT molecular complexity index is 298. The fourth-order valence-electron chi connectivity index (χ4n) is 2.24. The summed E-state index contributed by atoms with van der Waals surface area (Å²) in [4.78, 5) is 21.5. The predicted molar refractivity (Wildman–Crippen MR) is 57.6 cm³/mol. The number of alkyl carbamates (subject to hydrolysis) is 1. The molecule has 2 fully saturated rings. The average Bonchev–Trinajstić information content (AvgIpc) is 2.73. The maximum atomic E-state index is 10.8. The van der Waals surface area contributed by atoms with Crippen molar-refractivity contribution in [3.05, 3.63) is 0 Å². The monoisotopic (exact) mass is 243 g/mol. The largest absolute Gasteiger partial charge is 0.481 e. The standard InChI is InChI=1S/C11H17NO5/c13-10(14)7-1-3-8(4-2-7)16-6-9-5-12-11(15)17-9/h7-9H,1-6H2,(H,12,15)(H,13,14). The second kappa shape index (κ2) is 5.35. The molecule has 1 atom stereocenters. The quantitative estimate of drug-likeness (QED) is 0.761. The minimum Gasteiger partial charge on any atom is -0.481 e. The topological polar surface area (TPSA) is 84.9 Å². The molecule has 0 spiro atoms. The molecule has 2 N–H and O–H groups in total. The van der Waals surface area contributed by atoms with Crippen LogP contribution in [0.4, 0.5) is 4.79 Å². The van der Waals surface area contributed by atoms with Crippen LogP contribution in [-0.4, -0.2) is 42.5 Å². The molecule has 1 aliphatic heterocycles. The van der Waals surface area contributed by atoms with Crippen molar-refractivity contribution in [2.45, 2.75) is 37.9 Å². The van der Waals surface area contributed by atoms with Crippen LogP contribution in [0.1, 0.15) is 25.7 Å². The van der Waals surface area contributed by atoms with E-state index >= 15 is 0 Å². The molecule has 1 saturated carbocycles. The summed E-state index contributed by atoms with van der Waals surface area (Å²) in [5, 5.41) is 11.4. The molecule has 0 bridgehead atoms. The van der Waals surface area contributed by atoms with Crippen LogP contribution in [0, 0.1) is 5.92 Å². The Morgan fingerprint density at radius 1 is 1.41 bits per heavy atom. The highest BCUT2D eigenvalue weighted by atomic mass is 16.6. The third-order valence-corrected chi connectivity index (χ3v) is 3.29. The van der Waals surface area contributed by atoms with Gasteiger partial charge in [0, 0.05) is 0 Å². The minimum absolute atomic E-state index is 0.102. The Kier molecular flexibility index (Phi) is 3.83.